The molecule has 0 atom stereocenters. The molecule has 0 saturated carbocycles. The van der Waals surface area contributed by atoms with Crippen molar-refractivity contribution in [3.05, 3.63) is 53.5 Å². The van der Waals surface area contributed by atoms with E-state index in [-0.39, 0.29) is 25.4 Å². The van der Waals surface area contributed by atoms with E-state index >= 15 is 0 Å². The maximum Gasteiger partial charge on any atom is 0.232 e. The summed E-state index contributed by atoms with van der Waals surface area (Å²) in [5.74, 6) is 0.419. The van der Waals surface area contributed by atoms with E-state index in [0.717, 1.165) is 17.4 Å². The number of carbonyl (C=O) groups is 1. The molecule has 0 aliphatic rings. The highest BCUT2D eigenvalue weighted by Gasteiger charge is 2.19. The number of nitrogens with one attached hydrogen (secondary N) is 1. The van der Waals surface area contributed by atoms with Crippen molar-refractivity contribution in [2.75, 3.05) is 17.1 Å². The number of sulfonamides is 1. The number of aryl methyl sites for hydroxylation is 2. The maximum atomic E-state index is 12.1. The van der Waals surface area contributed by atoms with Crippen molar-refractivity contribution in [3.63, 3.8) is 0 Å². The Morgan fingerprint density at radius 3 is 2.42 bits per heavy atom. The van der Waals surface area contributed by atoms with Gasteiger partial charge in [0.25, 0.3) is 0 Å². The van der Waals surface area contributed by atoms with E-state index in [1.165, 1.54) is 10.6 Å². The summed E-state index contributed by atoms with van der Waals surface area (Å²) in [6.45, 7) is 4.19. The average molecular weight is 350 g/mol. The standard InChI is InChI=1S/C17H22N2O4S/c1-13-9-14(2)11-15(10-13)19(24(3,21)22)7-6-17(20)18-12-16-5-4-8-23-16/h4-5,8-11H,6-7,12H2,1-3H3,(H,18,20). The van der Waals surface area contributed by atoms with Gasteiger partial charge in [0.05, 0.1) is 24.8 Å². The molecule has 0 saturated heterocycles. The number of furan rings is 1. The first-order valence-electron chi connectivity index (χ1n) is 7.61. The van der Waals surface area contributed by atoms with Gasteiger partial charge in [-0.05, 0) is 49.2 Å². The predicted molar refractivity (Wildman–Crippen MR) is 93.3 cm³/mol. The smallest absolute Gasteiger partial charge is 0.232 e. The first-order valence-corrected chi connectivity index (χ1v) is 9.45. The fourth-order valence-corrected chi connectivity index (χ4v) is 3.38. The van der Waals surface area contributed by atoms with E-state index in [4.69, 9.17) is 4.42 Å². The van der Waals surface area contributed by atoms with E-state index < -0.39 is 10.0 Å². The van der Waals surface area contributed by atoms with Crippen LogP contribution < -0.4 is 9.62 Å². The van der Waals surface area contributed by atoms with E-state index in [9.17, 15) is 13.2 Å². The van der Waals surface area contributed by atoms with Crippen molar-refractivity contribution < 1.29 is 17.6 Å². The number of carbonyl (C=O) groups excluding carboxylic acids is 1. The van der Waals surface area contributed by atoms with Gasteiger partial charge < -0.3 is 9.73 Å². The number of benzene rings is 1. The number of amides is 1. The summed E-state index contributed by atoms with van der Waals surface area (Å²) in [7, 11) is -3.47. The zero-order valence-electron chi connectivity index (χ0n) is 14.1. The molecule has 0 radical (unpaired) electrons. The molecule has 1 heterocycles. The van der Waals surface area contributed by atoms with Crippen LogP contribution in [0.5, 0.6) is 0 Å². The highest BCUT2D eigenvalue weighted by atomic mass is 32.2. The molecule has 1 N–H and O–H groups in total. The van der Waals surface area contributed by atoms with Gasteiger partial charge in [0.1, 0.15) is 5.76 Å². The summed E-state index contributed by atoms with van der Waals surface area (Å²) in [4.78, 5) is 12.0. The molecule has 0 unspecified atom stereocenters. The molecule has 7 heteroatoms. The van der Waals surface area contributed by atoms with E-state index in [2.05, 4.69) is 5.32 Å². The molecule has 24 heavy (non-hydrogen) atoms. The van der Waals surface area contributed by atoms with Crippen LogP contribution in [-0.2, 0) is 21.4 Å². The zero-order chi connectivity index (χ0) is 17.7. The van der Waals surface area contributed by atoms with Crippen LogP contribution in [0.3, 0.4) is 0 Å². The normalized spacial score (nSPS) is 11.3. The summed E-state index contributed by atoms with van der Waals surface area (Å²) in [5, 5.41) is 2.71. The number of nitrogens with zero attached hydrogens (tertiary/aromatic N) is 1. The lowest BCUT2D eigenvalue weighted by Crippen LogP contribution is -2.34. The van der Waals surface area contributed by atoms with Crippen LogP contribution in [-0.4, -0.2) is 27.1 Å². The Morgan fingerprint density at radius 1 is 1.21 bits per heavy atom. The second kappa shape index (κ2) is 7.53. The largest absolute Gasteiger partial charge is 0.467 e. The highest BCUT2D eigenvalue weighted by molar-refractivity contribution is 7.92. The summed E-state index contributed by atoms with van der Waals surface area (Å²) in [6, 6.07) is 9.08. The Hall–Kier alpha value is -2.28. The van der Waals surface area contributed by atoms with Gasteiger partial charge in [-0.3, -0.25) is 9.10 Å². The molecule has 1 aromatic heterocycles. The number of rotatable bonds is 7. The molecule has 130 valence electrons. The van der Waals surface area contributed by atoms with Crippen molar-refractivity contribution in [2.45, 2.75) is 26.8 Å². The Bertz CT molecular complexity index is 778. The third-order valence-electron chi connectivity index (χ3n) is 3.48. The summed E-state index contributed by atoms with van der Waals surface area (Å²) < 4.78 is 30.6. The minimum absolute atomic E-state index is 0.0702. The molecule has 0 fully saturated rings. The molecule has 6 nitrogen and oxygen atoms in total. The third kappa shape index (κ3) is 5.13. The van der Waals surface area contributed by atoms with Crippen LogP contribution in [0.1, 0.15) is 23.3 Å². The Morgan fingerprint density at radius 2 is 1.88 bits per heavy atom. The fourth-order valence-electron chi connectivity index (χ4n) is 2.47. The Kier molecular flexibility index (Phi) is 5.66. The monoisotopic (exact) mass is 350 g/mol. The van der Waals surface area contributed by atoms with Crippen LogP contribution in [0.25, 0.3) is 0 Å². The topological polar surface area (TPSA) is 79.6 Å². The van der Waals surface area contributed by atoms with E-state index in [1.54, 1.807) is 24.3 Å². The van der Waals surface area contributed by atoms with Crippen LogP contribution in [0.2, 0.25) is 0 Å². The van der Waals surface area contributed by atoms with Gasteiger partial charge >= 0.3 is 0 Å². The number of hydrogen-bond donors (Lipinski definition) is 1. The van der Waals surface area contributed by atoms with Gasteiger partial charge in [0.2, 0.25) is 15.9 Å². The van der Waals surface area contributed by atoms with E-state index in [0.29, 0.717) is 11.4 Å². The van der Waals surface area contributed by atoms with Gasteiger partial charge in [-0.25, -0.2) is 8.42 Å². The average Bonchev–Trinajstić information content (AvgIpc) is 2.96. The summed E-state index contributed by atoms with van der Waals surface area (Å²) >= 11 is 0. The van der Waals surface area contributed by atoms with Gasteiger partial charge in [-0.2, -0.15) is 0 Å². The Balaban J connectivity index is 2.03. The molecule has 2 aromatic rings. The molecular formula is C17H22N2O4S. The maximum absolute atomic E-state index is 12.1. The highest BCUT2D eigenvalue weighted by Crippen LogP contribution is 2.21. The van der Waals surface area contributed by atoms with Crippen LogP contribution in [0.4, 0.5) is 5.69 Å². The minimum atomic E-state index is -3.47. The SMILES string of the molecule is Cc1cc(C)cc(N(CCC(=O)NCc2ccco2)S(C)(=O)=O)c1. The molecule has 2 rings (SSSR count). The van der Waals surface area contributed by atoms with Gasteiger partial charge in [-0.1, -0.05) is 6.07 Å². The number of anilines is 1. The summed E-state index contributed by atoms with van der Waals surface area (Å²) in [5.41, 5.74) is 2.52. The van der Waals surface area contributed by atoms with E-state index in [1.807, 2.05) is 19.9 Å². The molecular weight excluding hydrogens is 328 g/mol. The van der Waals surface area contributed by atoms with Gasteiger partial charge in [0.15, 0.2) is 0 Å². The zero-order valence-corrected chi connectivity index (χ0v) is 14.9. The molecule has 0 bridgehead atoms. The van der Waals surface area contributed by atoms with Gasteiger partial charge in [-0.15, -0.1) is 0 Å². The summed E-state index contributed by atoms with van der Waals surface area (Å²) in [6.07, 6.45) is 2.75. The van der Waals surface area contributed by atoms with Crippen LogP contribution in [0.15, 0.2) is 41.0 Å². The van der Waals surface area contributed by atoms with Crippen LogP contribution in [0, 0.1) is 13.8 Å². The molecule has 0 aliphatic carbocycles. The van der Waals surface area contributed by atoms with Crippen LogP contribution >= 0.6 is 0 Å². The fraction of sp³-hybridized carbons (Fsp3) is 0.353. The van der Waals surface area contributed by atoms with Crippen molar-refractivity contribution in [1.82, 2.24) is 5.32 Å². The van der Waals surface area contributed by atoms with Crippen molar-refractivity contribution >= 4 is 21.6 Å². The minimum Gasteiger partial charge on any atom is -0.467 e. The molecule has 1 aromatic carbocycles. The second-order valence-electron chi connectivity index (χ2n) is 5.79. The van der Waals surface area contributed by atoms with Crippen molar-refractivity contribution in [2.24, 2.45) is 0 Å². The molecule has 0 aliphatic heterocycles. The number of hydrogen-bond acceptors (Lipinski definition) is 4. The molecule has 0 spiro atoms. The lowest BCUT2D eigenvalue weighted by Gasteiger charge is -2.23. The Labute approximate surface area is 142 Å². The lowest BCUT2D eigenvalue weighted by atomic mass is 10.1. The lowest BCUT2D eigenvalue weighted by molar-refractivity contribution is -0.121. The van der Waals surface area contributed by atoms with Crippen molar-refractivity contribution in [3.8, 4) is 0 Å². The molecule has 1 amide bonds. The second-order valence-corrected chi connectivity index (χ2v) is 7.69. The first kappa shape index (κ1) is 18.1. The third-order valence-corrected chi connectivity index (χ3v) is 4.67. The van der Waals surface area contributed by atoms with Crippen molar-refractivity contribution in [1.29, 1.82) is 0 Å². The first-order chi connectivity index (χ1) is 11.3. The quantitative estimate of drug-likeness (QED) is 0.831. The van der Waals surface area contributed by atoms with Gasteiger partial charge in [0, 0.05) is 13.0 Å². The predicted octanol–water partition coefficient (Wildman–Crippen LogP) is 2.37.